The summed E-state index contributed by atoms with van der Waals surface area (Å²) in [5.41, 5.74) is 17.6. The number of carbonyl (C=O) groups is 2. The van der Waals surface area contributed by atoms with E-state index in [0.29, 0.717) is 40.5 Å². The molecule has 0 unspecified atom stereocenters. The first kappa shape index (κ1) is 73.7. The maximum Gasteiger partial charge on any atom is 0.349 e. The lowest BCUT2D eigenvalue weighted by molar-refractivity contribution is -0.118. The van der Waals surface area contributed by atoms with Crippen LogP contribution < -0.4 is 39.3 Å². The van der Waals surface area contributed by atoms with Gasteiger partial charge >= 0.3 is 11.7 Å². The number of aryl methyl sites for hydroxylation is 1. The molecular weight excluding hydrogens is 1220 g/mol. The molecule has 35 heteroatoms. The molecule has 35 nitrogen and oxygen atoms in total. The quantitative estimate of drug-likeness (QED) is 0.104. The predicted molar refractivity (Wildman–Crippen MR) is 324 cm³/mol. The molecule has 1 aromatic rings. The Balaban J connectivity index is 0.000000184. The second-order valence-corrected chi connectivity index (χ2v) is 23.6. The van der Waals surface area contributed by atoms with Crippen LogP contribution in [0.2, 0.25) is 0 Å². The molecule has 5 fully saturated rings. The van der Waals surface area contributed by atoms with Gasteiger partial charge in [-0.15, -0.1) is 0 Å². The first-order chi connectivity index (χ1) is 43.6. The van der Waals surface area contributed by atoms with Crippen molar-refractivity contribution in [1.29, 1.82) is 15.8 Å². The second kappa shape index (κ2) is 29.3. The Hall–Kier alpha value is -8.33. The SMILES string of the molecule is C=C1C=CN([C@@H]2O[C@H](CO)[C@@H](O)[C@@]2(C)C#N)C(=O)N1.C=C1N=C(N)C=CN1[C@@H]1O[C@H](CO)[C@@H](O)[C@@]1(C)C#N.C=C1N=C(N)C=CN1[C@@H]1O[C@H](CO)[C@@H](O)[C@@]1(C)N.C=C1NC(=O)C=CN1[C@@H]1O[C@H](CO)[C@@H](O)[C@@]1(C)N.Cc1ccn([C@@H]2O[C@H](CO)[C@@H](O)[C@@]2(C)C#N)c(=O)n1. The maximum atomic E-state index is 11.9. The summed E-state index contributed by atoms with van der Waals surface area (Å²) < 4.78 is 28.7. The average Bonchev–Trinajstić information content (AvgIpc) is 1.68. The van der Waals surface area contributed by atoms with Crippen LogP contribution in [-0.4, -0.2) is 234 Å². The fourth-order valence-electron chi connectivity index (χ4n) is 10.9. The molecule has 20 atom stereocenters. The van der Waals surface area contributed by atoms with E-state index in [1.54, 1.807) is 69.3 Å². The summed E-state index contributed by atoms with van der Waals surface area (Å²) in [6.45, 7) is 22.4. The van der Waals surface area contributed by atoms with Crippen LogP contribution in [0.5, 0.6) is 0 Å². The predicted octanol–water partition coefficient (Wildman–Crippen LogP) is -5.13. The number of ether oxygens (including phenoxy) is 5. The van der Waals surface area contributed by atoms with E-state index in [9.17, 15) is 60.8 Å². The molecule has 0 spiro atoms. The van der Waals surface area contributed by atoms with Gasteiger partial charge in [0.1, 0.15) is 106 Å². The second-order valence-electron chi connectivity index (χ2n) is 23.6. The van der Waals surface area contributed by atoms with Crippen LogP contribution in [0, 0.1) is 57.2 Å². The van der Waals surface area contributed by atoms with Crippen molar-refractivity contribution in [2.75, 3.05) is 33.0 Å². The number of hydrogen-bond donors (Lipinski definition) is 16. The third-order valence-electron chi connectivity index (χ3n) is 16.7. The summed E-state index contributed by atoms with van der Waals surface area (Å²) in [7, 11) is 0. The number of nitrogens with zero attached hydrogens (tertiary/aromatic N) is 11. The zero-order valence-corrected chi connectivity index (χ0v) is 51.8. The molecule has 9 aliphatic heterocycles. The van der Waals surface area contributed by atoms with Crippen molar-refractivity contribution in [3.8, 4) is 18.2 Å². The Labute approximate surface area is 534 Å². The summed E-state index contributed by atoms with van der Waals surface area (Å²) in [6, 6.07) is 7.11. The normalized spacial score (nSPS) is 38.2. The standard InChI is InChI=1S/C12H16N4O3.2C12H15N3O4.C11H18N4O3.C11H17N3O4/c1-7-15-9(14)3-4-16(7)11-12(2,6-13)10(18)8(5-17)19-11;2*1-7-3-4-15(11(18)14-7)10-12(2,6-13)9(17)8(5-16)19-10;1-6-14-8(12)3-4-15(6)10-11(2,13)9(17)7(5-16)18-10;1-6-13-8(16)3-4-14(6)10-11(2,12)9(17)7(5-15)18-10/h3-4,8,10-11,17-18H,1,5H2,2H3,(H2,14,15);3-4,8-10,16-17H,5H2,1-2H3;3-4,8-10,16-17H,1,5H2,2H3,(H,14,18);3-4,7,9-10,16-17H,1,5,13H2,2H3,(H2,12,14);3-4,7,9-10,15,17H,1,5,12H2,2H3,(H,13,16)/t8-,10-,11-,12-;2*8-,9-,10-,12-;2*7-,9-,10-,11-/m11111/s1. The van der Waals surface area contributed by atoms with E-state index >= 15 is 0 Å². The fraction of sp³-hybridized carbons (Fsp3) is 0.534. The highest BCUT2D eigenvalue weighted by Gasteiger charge is 2.59. The highest BCUT2D eigenvalue weighted by molar-refractivity contribution is 5.93. The Kier molecular flexibility index (Phi) is 23.2. The number of rotatable bonds is 10. The molecule has 0 aliphatic carbocycles. The molecule has 10 heterocycles. The largest absolute Gasteiger partial charge is 0.394 e. The monoisotopic (exact) mass is 1300 g/mol. The van der Waals surface area contributed by atoms with Gasteiger partial charge < -0.3 is 123 Å². The number of aliphatic hydroxyl groups is 10. The van der Waals surface area contributed by atoms with Crippen molar-refractivity contribution in [3.63, 3.8) is 0 Å². The number of amidine groups is 2. The lowest BCUT2D eigenvalue weighted by Gasteiger charge is -2.37. The van der Waals surface area contributed by atoms with Crippen LogP contribution in [0.4, 0.5) is 4.79 Å². The molecule has 506 valence electrons. The molecule has 9 aliphatic rings. The first-order valence-electron chi connectivity index (χ1n) is 28.6. The number of nitriles is 3. The highest BCUT2D eigenvalue weighted by Crippen LogP contribution is 2.45. The Morgan fingerprint density at radius 3 is 1.27 bits per heavy atom. The van der Waals surface area contributed by atoms with Crippen LogP contribution in [0.15, 0.2) is 126 Å². The number of urea groups is 1. The van der Waals surface area contributed by atoms with E-state index in [4.69, 9.17) is 67.0 Å². The molecule has 3 amide bonds. The molecule has 10 rings (SSSR count). The third-order valence-corrected chi connectivity index (χ3v) is 16.7. The van der Waals surface area contributed by atoms with Gasteiger partial charge in [0, 0.05) is 48.5 Å². The van der Waals surface area contributed by atoms with Gasteiger partial charge in [-0.25, -0.2) is 19.6 Å². The lowest BCUT2D eigenvalue weighted by atomic mass is 9.83. The Morgan fingerprint density at radius 1 is 0.538 bits per heavy atom. The van der Waals surface area contributed by atoms with Gasteiger partial charge in [0.05, 0.1) is 62.3 Å². The number of nitrogens with one attached hydrogen (secondary N) is 2. The first-order valence-corrected chi connectivity index (χ1v) is 28.6. The molecule has 20 N–H and O–H groups in total. The number of aliphatic hydroxyl groups excluding tert-OH is 10. The molecule has 1 aromatic heterocycles. The minimum Gasteiger partial charge on any atom is -0.394 e. The summed E-state index contributed by atoms with van der Waals surface area (Å²) in [5, 5.41) is 129. The van der Waals surface area contributed by atoms with E-state index < -0.39 is 144 Å². The van der Waals surface area contributed by atoms with Crippen LogP contribution >= 0.6 is 0 Å². The molecule has 0 bridgehead atoms. The minimum absolute atomic E-state index is 0.285. The van der Waals surface area contributed by atoms with Crippen LogP contribution in [0.1, 0.15) is 46.5 Å². The molecule has 0 aromatic carbocycles. The van der Waals surface area contributed by atoms with Gasteiger partial charge in [0.15, 0.2) is 31.1 Å². The van der Waals surface area contributed by atoms with Crippen LogP contribution in [0.25, 0.3) is 0 Å². The molecule has 5 saturated heterocycles. The summed E-state index contributed by atoms with van der Waals surface area (Å²) >= 11 is 0. The van der Waals surface area contributed by atoms with E-state index in [1.807, 2.05) is 12.1 Å². The third kappa shape index (κ3) is 14.6. The van der Waals surface area contributed by atoms with Crippen molar-refractivity contribution in [2.24, 2.45) is 49.2 Å². The van der Waals surface area contributed by atoms with Crippen molar-refractivity contribution in [2.45, 2.75) is 145 Å². The number of hydrogen-bond acceptors (Lipinski definition) is 31. The minimum atomic E-state index is -1.33. The maximum absolute atomic E-state index is 11.9. The topological polar surface area (TPSA) is 555 Å². The Bertz CT molecular complexity index is 3390. The van der Waals surface area contributed by atoms with Gasteiger partial charge in [0.25, 0.3) is 5.91 Å². The number of aliphatic imine (C=N–C) groups is 2. The van der Waals surface area contributed by atoms with E-state index in [-0.39, 0.29) is 25.7 Å². The van der Waals surface area contributed by atoms with E-state index in [2.05, 4.69) is 58.0 Å². The zero-order chi connectivity index (χ0) is 69.6. The van der Waals surface area contributed by atoms with Gasteiger partial charge in [-0.3, -0.25) is 14.3 Å². The van der Waals surface area contributed by atoms with Gasteiger partial charge in [0.2, 0.25) is 0 Å². The lowest BCUT2D eigenvalue weighted by Crippen LogP contribution is -2.59. The molecule has 0 saturated carbocycles. The van der Waals surface area contributed by atoms with Gasteiger partial charge in [-0.2, -0.15) is 20.8 Å². The highest BCUT2D eigenvalue weighted by atomic mass is 16.6. The van der Waals surface area contributed by atoms with Gasteiger partial charge in [-0.05, 0) is 65.8 Å². The number of nitrogens with two attached hydrogens (primary N) is 4. The Morgan fingerprint density at radius 2 is 0.892 bits per heavy atom. The number of allylic oxidation sites excluding steroid dienone is 1. The summed E-state index contributed by atoms with van der Waals surface area (Å²) in [6.07, 6.45) is -0.0291. The van der Waals surface area contributed by atoms with Crippen LogP contribution in [-0.2, 0) is 28.5 Å². The summed E-state index contributed by atoms with van der Waals surface area (Å²) in [4.78, 5) is 52.4. The van der Waals surface area contributed by atoms with Crippen molar-refractivity contribution in [1.82, 2.24) is 39.8 Å². The smallest absolute Gasteiger partial charge is 0.349 e. The van der Waals surface area contributed by atoms with Crippen LogP contribution in [0.3, 0.4) is 0 Å². The number of amides is 3. The fourth-order valence-corrected chi connectivity index (χ4v) is 10.9. The van der Waals surface area contributed by atoms with Crippen molar-refractivity contribution >= 4 is 23.6 Å². The number of carbonyl (C=O) groups excluding carboxylic acids is 2. The average molecular weight is 1300 g/mol. The van der Waals surface area contributed by atoms with E-state index in [0.717, 1.165) is 4.57 Å². The van der Waals surface area contributed by atoms with Crippen molar-refractivity contribution in [3.05, 3.63) is 127 Å². The van der Waals surface area contributed by atoms with Gasteiger partial charge in [-0.1, -0.05) is 26.3 Å². The molecule has 0 radical (unpaired) electrons. The molecular formula is C58H81N17O18. The summed E-state index contributed by atoms with van der Waals surface area (Å²) in [5.74, 6) is 1.37. The van der Waals surface area contributed by atoms with E-state index in [1.165, 1.54) is 53.2 Å². The zero-order valence-electron chi connectivity index (χ0n) is 51.8. The number of aromatic nitrogens is 2. The molecule has 93 heavy (non-hydrogen) atoms. The van der Waals surface area contributed by atoms with Crippen molar-refractivity contribution < 1.29 is 84.3 Å².